The van der Waals surface area contributed by atoms with Gasteiger partial charge < -0.3 is 20.1 Å². The topological polar surface area (TPSA) is 131 Å². The first kappa shape index (κ1) is 55.8. The van der Waals surface area contributed by atoms with Gasteiger partial charge in [-0.1, -0.05) is 206 Å². The Kier molecular flexibility index (Phi) is 43.3. The molecule has 0 radical (unpaired) electrons. The maximum absolute atomic E-state index is 12.1. The van der Waals surface area contributed by atoms with Gasteiger partial charge in [0.1, 0.15) is 12.7 Å². The van der Waals surface area contributed by atoms with Crippen LogP contribution in [0.5, 0.6) is 0 Å². The van der Waals surface area contributed by atoms with Crippen LogP contribution in [-0.2, 0) is 27.9 Å². The summed E-state index contributed by atoms with van der Waals surface area (Å²) >= 11 is 0. The molecule has 0 rings (SSSR count). The number of ether oxygens (including phenoxy) is 1. The van der Waals surface area contributed by atoms with Crippen molar-refractivity contribution in [1.29, 1.82) is 0 Å². The lowest BCUT2D eigenvalue weighted by Gasteiger charge is -2.15. The van der Waals surface area contributed by atoms with Gasteiger partial charge in [-0.2, -0.15) is 0 Å². The fourth-order valence-corrected chi connectivity index (χ4v) is 7.78. The van der Waals surface area contributed by atoms with Crippen LogP contribution >= 0.6 is 7.82 Å². The normalized spacial score (nSPS) is 13.3. The van der Waals surface area contributed by atoms with E-state index in [-0.39, 0.29) is 32.1 Å². The van der Waals surface area contributed by atoms with Crippen LogP contribution in [0.25, 0.3) is 0 Å². The second kappa shape index (κ2) is 44.3. The van der Waals surface area contributed by atoms with Crippen molar-refractivity contribution in [2.24, 2.45) is 0 Å². The van der Waals surface area contributed by atoms with E-state index in [4.69, 9.17) is 13.8 Å². The molecule has 0 aliphatic rings. The highest BCUT2D eigenvalue weighted by molar-refractivity contribution is 7.47. The van der Waals surface area contributed by atoms with Gasteiger partial charge in [0.05, 0.1) is 13.2 Å². The average molecular weight is 830 g/mol. The highest BCUT2D eigenvalue weighted by Crippen LogP contribution is 2.42. The summed E-state index contributed by atoms with van der Waals surface area (Å²) in [5, 5.41) is 12.7. The van der Waals surface area contributed by atoms with Crippen molar-refractivity contribution in [2.45, 2.75) is 251 Å². The summed E-state index contributed by atoms with van der Waals surface area (Å²) in [7, 11) is -4.41. The lowest BCUT2D eigenvalue weighted by atomic mass is 10.0. The Labute approximate surface area is 351 Å². The molecule has 0 aliphatic heterocycles. The molecule has 0 aromatic carbocycles. The third-order valence-corrected chi connectivity index (χ3v) is 11.7. The smallest absolute Gasteiger partial charge is 0.463 e. The fourth-order valence-electron chi connectivity index (χ4n) is 7.02. The Morgan fingerprint density at radius 3 is 1.32 bits per heavy atom. The number of hydrogen-bond acceptors (Lipinski definition) is 7. The summed E-state index contributed by atoms with van der Waals surface area (Å²) in [6.07, 6.45) is 47.1. The third-order valence-electron chi connectivity index (χ3n) is 10.7. The number of nitrogens with one attached hydrogen (secondary N) is 1. The third kappa shape index (κ3) is 45.7. The van der Waals surface area contributed by atoms with Crippen molar-refractivity contribution in [3.8, 4) is 0 Å². The number of rotatable bonds is 46. The molecule has 0 spiro atoms. The van der Waals surface area contributed by atoms with Crippen molar-refractivity contribution < 1.29 is 37.9 Å². The molecule has 3 N–H and O–H groups in total. The number of esters is 1. The summed E-state index contributed by atoms with van der Waals surface area (Å²) in [4.78, 5) is 34.0. The second-order valence-electron chi connectivity index (χ2n) is 16.4. The lowest BCUT2D eigenvalue weighted by molar-refractivity contribution is -0.147. The average Bonchev–Trinajstić information content (AvgIpc) is 3.20. The van der Waals surface area contributed by atoms with Crippen molar-refractivity contribution in [3.05, 3.63) is 12.2 Å². The summed E-state index contributed by atoms with van der Waals surface area (Å²) in [5.41, 5.74) is 0. The van der Waals surface area contributed by atoms with Gasteiger partial charge in [0.25, 0.3) is 0 Å². The molecule has 0 fully saturated rings. The molecule has 2 atom stereocenters. The standard InChI is InChI=1S/C47H92NO8P/c1-3-5-7-9-11-13-15-17-19-21-22-24-25-27-29-31-33-35-37-39-46(50)48-41-42-55-57(52,53)56-44-45(49)43-54-47(51)40-38-36-34-32-30-28-26-23-20-18-16-14-12-10-8-6-4-2/h18,20,45,49H,3-17,19,21-44H2,1-2H3,(H,48,50)(H,52,53)/b20-18-. The Bertz CT molecular complexity index is 948. The number of phosphoric acid groups is 1. The zero-order valence-electron chi connectivity index (χ0n) is 37.3. The van der Waals surface area contributed by atoms with E-state index in [1.807, 2.05) is 0 Å². The second-order valence-corrected chi connectivity index (χ2v) is 17.9. The van der Waals surface area contributed by atoms with E-state index in [9.17, 15) is 24.2 Å². The molecule has 57 heavy (non-hydrogen) atoms. The van der Waals surface area contributed by atoms with Crippen molar-refractivity contribution in [1.82, 2.24) is 5.32 Å². The van der Waals surface area contributed by atoms with E-state index >= 15 is 0 Å². The molecule has 9 nitrogen and oxygen atoms in total. The Morgan fingerprint density at radius 1 is 0.526 bits per heavy atom. The van der Waals surface area contributed by atoms with Crippen LogP contribution in [0.4, 0.5) is 0 Å². The quantitative estimate of drug-likeness (QED) is 0.0239. The molecule has 0 saturated heterocycles. The Balaban J connectivity index is 3.54. The van der Waals surface area contributed by atoms with Gasteiger partial charge in [0.2, 0.25) is 5.91 Å². The van der Waals surface area contributed by atoms with E-state index in [1.54, 1.807) is 0 Å². The number of aliphatic hydroxyl groups excluding tert-OH is 1. The number of hydrogen-bond donors (Lipinski definition) is 3. The first-order chi connectivity index (χ1) is 27.8. The Morgan fingerprint density at radius 2 is 0.895 bits per heavy atom. The number of allylic oxidation sites excluding steroid dienone is 2. The molecule has 2 unspecified atom stereocenters. The number of phosphoric ester groups is 1. The van der Waals surface area contributed by atoms with Gasteiger partial charge in [-0.15, -0.1) is 0 Å². The van der Waals surface area contributed by atoms with Crippen molar-refractivity contribution >= 4 is 19.7 Å². The highest BCUT2D eigenvalue weighted by Gasteiger charge is 2.23. The van der Waals surface area contributed by atoms with E-state index in [0.29, 0.717) is 6.42 Å². The monoisotopic (exact) mass is 830 g/mol. The van der Waals surface area contributed by atoms with Crippen LogP contribution in [0.1, 0.15) is 245 Å². The summed E-state index contributed by atoms with van der Waals surface area (Å²) < 4.78 is 26.9. The van der Waals surface area contributed by atoms with Gasteiger partial charge in [-0.05, 0) is 38.5 Å². The summed E-state index contributed by atoms with van der Waals surface area (Å²) in [5.74, 6) is -0.509. The maximum Gasteiger partial charge on any atom is 0.472 e. The number of carbonyl (C=O) groups excluding carboxylic acids is 2. The molecule has 0 bridgehead atoms. The van der Waals surface area contributed by atoms with Crippen LogP contribution in [0.2, 0.25) is 0 Å². The molecular formula is C47H92NO8P. The van der Waals surface area contributed by atoms with E-state index in [0.717, 1.165) is 38.5 Å². The van der Waals surface area contributed by atoms with Gasteiger partial charge in [0.15, 0.2) is 0 Å². The van der Waals surface area contributed by atoms with Crippen molar-refractivity contribution in [2.75, 3.05) is 26.4 Å². The summed E-state index contributed by atoms with van der Waals surface area (Å²) in [6.45, 7) is 3.59. The zero-order chi connectivity index (χ0) is 41.8. The fraction of sp³-hybridized carbons (Fsp3) is 0.915. The minimum Gasteiger partial charge on any atom is -0.463 e. The largest absolute Gasteiger partial charge is 0.472 e. The van der Waals surface area contributed by atoms with Crippen molar-refractivity contribution in [3.63, 3.8) is 0 Å². The predicted molar refractivity (Wildman–Crippen MR) is 238 cm³/mol. The minimum atomic E-state index is -4.41. The number of carbonyl (C=O) groups is 2. The summed E-state index contributed by atoms with van der Waals surface area (Å²) in [6, 6.07) is 0. The molecule has 0 aromatic heterocycles. The van der Waals surface area contributed by atoms with Gasteiger partial charge in [-0.25, -0.2) is 4.57 Å². The molecule has 0 heterocycles. The molecule has 0 saturated carbocycles. The van der Waals surface area contributed by atoms with Gasteiger partial charge in [-0.3, -0.25) is 18.6 Å². The van der Waals surface area contributed by atoms with Crippen LogP contribution < -0.4 is 5.32 Å². The number of aliphatic hydroxyl groups is 1. The van der Waals surface area contributed by atoms with Gasteiger partial charge in [0, 0.05) is 19.4 Å². The van der Waals surface area contributed by atoms with E-state index in [1.165, 1.54) is 180 Å². The first-order valence-corrected chi connectivity index (χ1v) is 25.7. The zero-order valence-corrected chi connectivity index (χ0v) is 38.2. The minimum absolute atomic E-state index is 0.0863. The maximum atomic E-state index is 12.1. The first-order valence-electron chi connectivity index (χ1n) is 24.2. The lowest BCUT2D eigenvalue weighted by Crippen LogP contribution is -2.27. The SMILES string of the molecule is CCCCCCCC/C=C\CCCCCCCCCC(=O)OCC(O)COP(=O)(O)OCCNC(=O)CCCCCCCCCCCCCCCCCCCCC. The van der Waals surface area contributed by atoms with E-state index < -0.39 is 26.5 Å². The molecule has 338 valence electrons. The van der Waals surface area contributed by atoms with Crippen LogP contribution in [-0.4, -0.2) is 54.3 Å². The van der Waals surface area contributed by atoms with Crippen LogP contribution in [0, 0.1) is 0 Å². The predicted octanol–water partition coefficient (Wildman–Crippen LogP) is 13.8. The van der Waals surface area contributed by atoms with Crippen LogP contribution in [0.3, 0.4) is 0 Å². The van der Waals surface area contributed by atoms with Gasteiger partial charge >= 0.3 is 13.8 Å². The van der Waals surface area contributed by atoms with Crippen LogP contribution in [0.15, 0.2) is 12.2 Å². The molecule has 1 amide bonds. The molecule has 0 aromatic rings. The molecule has 10 heteroatoms. The molecule has 0 aliphatic carbocycles. The van der Waals surface area contributed by atoms with E-state index in [2.05, 4.69) is 31.3 Å². The Hall–Kier alpha value is -1.25. The highest BCUT2D eigenvalue weighted by atomic mass is 31.2. The number of unbranched alkanes of at least 4 members (excludes halogenated alkanes) is 31. The number of amides is 1. The molecular weight excluding hydrogens is 737 g/mol.